The Labute approximate surface area is 139 Å². The van der Waals surface area contributed by atoms with E-state index in [0.717, 1.165) is 11.9 Å². The minimum Gasteiger partial charge on any atom is -0.463 e. The molecule has 0 fully saturated rings. The fraction of sp³-hybridized carbons (Fsp3) is 0.150. The van der Waals surface area contributed by atoms with Crippen molar-refractivity contribution in [2.45, 2.75) is 6.42 Å². The molecule has 0 unspecified atom stereocenters. The number of aromatic nitrogens is 1. The Morgan fingerprint density at radius 2 is 1.96 bits per heavy atom. The Bertz CT molecular complexity index is 979. The maximum absolute atomic E-state index is 12.6. The van der Waals surface area contributed by atoms with E-state index in [0.29, 0.717) is 17.8 Å². The summed E-state index contributed by atoms with van der Waals surface area (Å²) in [4.78, 5) is 17.4. The zero-order valence-electron chi connectivity index (χ0n) is 13.5. The van der Waals surface area contributed by atoms with Gasteiger partial charge < -0.3 is 14.3 Å². The van der Waals surface area contributed by atoms with Crippen LogP contribution in [0.3, 0.4) is 0 Å². The zero-order valence-corrected chi connectivity index (χ0v) is 13.5. The van der Waals surface area contributed by atoms with Gasteiger partial charge in [0.25, 0.3) is 5.91 Å². The Morgan fingerprint density at radius 3 is 2.83 bits per heavy atom. The van der Waals surface area contributed by atoms with Crippen molar-refractivity contribution >= 4 is 27.8 Å². The molecule has 1 amide bonds. The highest BCUT2D eigenvalue weighted by molar-refractivity contribution is 5.96. The van der Waals surface area contributed by atoms with E-state index >= 15 is 0 Å². The minimum absolute atomic E-state index is 0.0263. The Kier molecular flexibility index (Phi) is 3.58. The van der Waals surface area contributed by atoms with Crippen LogP contribution in [-0.2, 0) is 6.42 Å². The topological polar surface area (TPSA) is 49.2 Å². The Morgan fingerprint density at radius 1 is 1.12 bits per heavy atom. The van der Waals surface area contributed by atoms with Crippen molar-refractivity contribution in [3.8, 4) is 0 Å². The van der Waals surface area contributed by atoms with Gasteiger partial charge in [-0.2, -0.15) is 0 Å². The first-order chi connectivity index (χ1) is 11.7. The van der Waals surface area contributed by atoms with E-state index in [1.54, 1.807) is 17.2 Å². The number of benzene rings is 2. The molecule has 4 heteroatoms. The van der Waals surface area contributed by atoms with E-state index in [-0.39, 0.29) is 5.91 Å². The van der Waals surface area contributed by atoms with Gasteiger partial charge in [-0.05, 0) is 22.8 Å². The summed E-state index contributed by atoms with van der Waals surface area (Å²) in [6, 6.07) is 18.2. The predicted molar refractivity (Wildman–Crippen MR) is 95.2 cm³/mol. The van der Waals surface area contributed by atoms with Gasteiger partial charge in [-0.3, -0.25) is 4.79 Å². The van der Waals surface area contributed by atoms with Crippen LogP contribution in [0.4, 0.5) is 0 Å². The number of hydrogen-bond acceptors (Lipinski definition) is 2. The summed E-state index contributed by atoms with van der Waals surface area (Å²) in [5, 5.41) is 2.48. The SMILES string of the molecule is CN(CCc1cccc2ccccc12)C(=O)c1cc2occc2[nH]1. The number of amides is 1. The lowest BCUT2D eigenvalue weighted by Crippen LogP contribution is -2.29. The molecule has 0 aliphatic carbocycles. The van der Waals surface area contributed by atoms with E-state index < -0.39 is 0 Å². The quantitative estimate of drug-likeness (QED) is 0.612. The van der Waals surface area contributed by atoms with Gasteiger partial charge in [0.2, 0.25) is 0 Å². The molecule has 4 rings (SSSR count). The second-order valence-electron chi connectivity index (χ2n) is 6.00. The molecule has 1 N–H and O–H groups in total. The lowest BCUT2D eigenvalue weighted by Gasteiger charge is -2.17. The first-order valence-corrected chi connectivity index (χ1v) is 8.01. The Hall–Kier alpha value is -3.01. The number of furan rings is 1. The van der Waals surface area contributed by atoms with Gasteiger partial charge >= 0.3 is 0 Å². The van der Waals surface area contributed by atoms with Gasteiger partial charge in [0, 0.05) is 25.7 Å². The van der Waals surface area contributed by atoms with Gasteiger partial charge in [-0.25, -0.2) is 0 Å². The molecule has 0 bridgehead atoms. The summed E-state index contributed by atoms with van der Waals surface area (Å²) in [6.45, 7) is 0.660. The van der Waals surface area contributed by atoms with Crippen LogP contribution in [0.25, 0.3) is 21.9 Å². The highest BCUT2D eigenvalue weighted by Crippen LogP contribution is 2.20. The third kappa shape index (κ3) is 2.56. The summed E-state index contributed by atoms with van der Waals surface area (Å²) < 4.78 is 5.30. The molecular formula is C20H18N2O2. The fourth-order valence-electron chi connectivity index (χ4n) is 3.07. The first kappa shape index (κ1) is 14.6. The average Bonchev–Trinajstić information content (AvgIpc) is 3.20. The molecule has 2 heterocycles. The van der Waals surface area contributed by atoms with Crippen LogP contribution in [-0.4, -0.2) is 29.4 Å². The van der Waals surface area contributed by atoms with Crippen LogP contribution in [0.1, 0.15) is 16.1 Å². The second kappa shape index (κ2) is 5.89. The van der Waals surface area contributed by atoms with Crippen molar-refractivity contribution in [3.63, 3.8) is 0 Å². The van der Waals surface area contributed by atoms with Gasteiger partial charge in [-0.1, -0.05) is 42.5 Å². The maximum atomic E-state index is 12.6. The number of nitrogens with zero attached hydrogens (tertiary/aromatic N) is 1. The molecule has 0 saturated heterocycles. The van der Waals surface area contributed by atoms with E-state index in [2.05, 4.69) is 41.4 Å². The molecule has 120 valence electrons. The number of likely N-dealkylation sites (N-methyl/N-ethyl adjacent to an activating group) is 1. The van der Waals surface area contributed by atoms with Crippen LogP contribution in [0.15, 0.2) is 65.3 Å². The van der Waals surface area contributed by atoms with Gasteiger partial charge in [0.05, 0.1) is 11.8 Å². The summed E-state index contributed by atoms with van der Waals surface area (Å²) >= 11 is 0. The first-order valence-electron chi connectivity index (χ1n) is 8.01. The molecule has 2 aromatic heterocycles. The van der Waals surface area contributed by atoms with E-state index in [9.17, 15) is 4.79 Å². The smallest absolute Gasteiger partial charge is 0.270 e. The van der Waals surface area contributed by atoms with Crippen molar-refractivity contribution in [1.82, 2.24) is 9.88 Å². The van der Waals surface area contributed by atoms with Gasteiger partial charge in [0.15, 0.2) is 5.58 Å². The molecule has 0 radical (unpaired) electrons. The molecule has 0 aliphatic rings. The molecule has 0 atom stereocenters. The number of H-pyrrole nitrogens is 1. The van der Waals surface area contributed by atoms with Crippen LogP contribution in [0.5, 0.6) is 0 Å². The third-order valence-electron chi connectivity index (χ3n) is 4.41. The number of hydrogen-bond donors (Lipinski definition) is 1. The lowest BCUT2D eigenvalue weighted by molar-refractivity contribution is 0.0792. The van der Waals surface area contributed by atoms with Gasteiger partial charge in [0.1, 0.15) is 5.69 Å². The number of carbonyl (C=O) groups excluding carboxylic acids is 1. The van der Waals surface area contributed by atoms with Crippen LogP contribution < -0.4 is 0 Å². The van der Waals surface area contributed by atoms with E-state index in [4.69, 9.17) is 4.42 Å². The second-order valence-corrected chi connectivity index (χ2v) is 6.00. The van der Waals surface area contributed by atoms with Crippen LogP contribution in [0, 0.1) is 0 Å². The van der Waals surface area contributed by atoms with Crippen molar-refractivity contribution < 1.29 is 9.21 Å². The molecule has 2 aromatic carbocycles. The van der Waals surface area contributed by atoms with Crippen molar-refractivity contribution in [2.75, 3.05) is 13.6 Å². The normalized spacial score (nSPS) is 11.2. The summed E-state index contributed by atoms with van der Waals surface area (Å²) in [5.41, 5.74) is 3.37. The number of rotatable bonds is 4. The molecule has 0 spiro atoms. The van der Waals surface area contributed by atoms with E-state index in [1.807, 2.05) is 19.2 Å². The highest BCUT2D eigenvalue weighted by atomic mass is 16.3. The number of fused-ring (bicyclic) bond motifs is 2. The summed E-state index contributed by atoms with van der Waals surface area (Å²) in [7, 11) is 1.83. The number of aromatic amines is 1. The summed E-state index contributed by atoms with van der Waals surface area (Å²) in [5.74, 6) is -0.0263. The zero-order chi connectivity index (χ0) is 16.5. The lowest BCUT2D eigenvalue weighted by atomic mass is 10.0. The molecule has 0 aliphatic heterocycles. The predicted octanol–water partition coefficient (Wildman–Crippen LogP) is 4.23. The van der Waals surface area contributed by atoms with Gasteiger partial charge in [-0.15, -0.1) is 0 Å². The van der Waals surface area contributed by atoms with Crippen LogP contribution >= 0.6 is 0 Å². The molecule has 4 aromatic rings. The molecule has 24 heavy (non-hydrogen) atoms. The van der Waals surface area contributed by atoms with Crippen LogP contribution in [0.2, 0.25) is 0 Å². The van der Waals surface area contributed by atoms with Crippen molar-refractivity contribution in [2.24, 2.45) is 0 Å². The Balaban J connectivity index is 1.50. The monoisotopic (exact) mass is 318 g/mol. The third-order valence-corrected chi connectivity index (χ3v) is 4.41. The molecular weight excluding hydrogens is 300 g/mol. The fourth-order valence-corrected chi connectivity index (χ4v) is 3.07. The average molecular weight is 318 g/mol. The standard InChI is InChI=1S/C20H18N2O2/c1-22(20(23)18-13-19-17(21-18)10-12-24-19)11-9-15-7-4-6-14-5-2-3-8-16(14)15/h2-8,10,12-13,21H,9,11H2,1H3. The van der Waals surface area contributed by atoms with Crippen molar-refractivity contribution in [3.05, 3.63) is 72.1 Å². The largest absolute Gasteiger partial charge is 0.463 e. The maximum Gasteiger partial charge on any atom is 0.270 e. The number of carbonyl (C=O) groups is 1. The van der Waals surface area contributed by atoms with E-state index in [1.165, 1.54) is 16.3 Å². The highest BCUT2D eigenvalue weighted by Gasteiger charge is 2.15. The van der Waals surface area contributed by atoms with Crippen molar-refractivity contribution in [1.29, 1.82) is 0 Å². The molecule has 0 saturated carbocycles. The minimum atomic E-state index is -0.0263. The summed E-state index contributed by atoms with van der Waals surface area (Å²) in [6.07, 6.45) is 2.43. The number of nitrogens with one attached hydrogen (secondary N) is 1. The molecule has 4 nitrogen and oxygen atoms in total.